The lowest BCUT2D eigenvalue weighted by molar-refractivity contribution is -0.128. The number of hydrogen-bond donors (Lipinski definition) is 0. The number of nitrogens with zero attached hydrogens (tertiary/aromatic N) is 7. The predicted octanol–water partition coefficient (Wildman–Crippen LogP) is 3.08. The van der Waals surface area contributed by atoms with E-state index in [9.17, 15) is 14.4 Å². The molecule has 2 fully saturated rings. The topological polar surface area (TPSA) is 88.8 Å². The molecular formula is C29H36FN7O2. The van der Waals surface area contributed by atoms with Crippen LogP contribution in [0.4, 0.5) is 15.9 Å². The van der Waals surface area contributed by atoms with E-state index in [1.54, 1.807) is 17.9 Å². The third kappa shape index (κ3) is 5.55. The number of halogens is 1. The first-order chi connectivity index (χ1) is 18.9. The lowest BCUT2D eigenvalue weighted by Crippen LogP contribution is -2.55. The Bertz CT molecular complexity index is 1280. The summed E-state index contributed by atoms with van der Waals surface area (Å²) < 4.78 is 20.5. The highest BCUT2D eigenvalue weighted by Gasteiger charge is 2.33. The molecule has 0 aliphatic carbocycles. The number of carbonyl (C=O) groups excluding carboxylic acids is 1. The maximum absolute atomic E-state index is 14.4. The summed E-state index contributed by atoms with van der Waals surface area (Å²) in [5.41, 5.74) is 3.40. The van der Waals surface area contributed by atoms with Crippen LogP contribution in [0.25, 0.3) is 0 Å². The van der Waals surface area contributed by atoms with Crippen molar-refractivity contribution >= 4 is 17.4 Å². The molecule has 0 radical (unpaired) electrons. The van der Waals surface area contributed by atoms with E-state index in [2.05, 4.69) is 34.4 Å². The molecule has 3 aliphatic heterocycles. The molecule has 1 aromatic heterocycles. The summed E-state index contributed by atoms with van der Waals surface area (Å²) in [6, 6.07) is 7.80. The van der Waals surface area contributed by atoms with Crippen LogP contribution in [0.5, 0.6) is 6.01 Å². The standard InChI is InChI=1S/C29H36FN7O2/c1-4-27(38)37-16-15-36(17-21(37)10-12-31)28-23-11-14-35(26-9-5-8-24(30)20(26)2)18-25(23)32-29(33-28)39-19-22-7-6-13-34(22)3/h4-5,8-9,21-22H,1,6-7,10-11,13-19H2,2-3H3/t21-,22-/m0/s1. The number of carbonyl (C=O) groups is 1. The van der Waals surface area contributed by atoms with Gasteiger partial charge in [-0.3, -0.25) is 4.79 Å². The van der Waals surface area contributed by atoms with Crippen LogP contribution in [0.2, 0.25) is 0 Å². The van der Waals surface area contributed by atoms with E-state index in [0.29, 0.717) is 63.4 Å². The number of likely N-dealkylation sites (N-methyl/N-ethyl adjacent to an activating group) is 1. The third-order valence-electron chi connectivity index (χ3n) is 8.25. The van der Waals surface area contributed by atoms with Gasteiger partial charge in [-0.25, -0.2) is 4.39 Å². The lowest BCUT2D eigenvalue weighted by atomic mass is 10.0. The lowest BCUT2D eigenvalue weighted by Gasteiger charge is -2.42. The van der Waals surface area contributed by atoms with Crippen molar-refractivity contribution in [1.29, 1.82) is 5.26 Å². The third-order valence-corrected chi connectivity index (χ3v) is 8.25. The minimum absolute atomic E-state index is 0.162. The Morgan fingerprint density at radius 3 is 2.82 bits per heavy atom. The van der Waals surface area contributed by atoms with Gasteiger partial charge in [0, 0.05) is 49.0 Å². The number of hydrogen-bond acceptors (Lipinski definition) is 8. The maximum atomic E-state index is 14.4. The van der Waals surface area contributed by atoms with Crippen LogP contribution in [0.3, 0.4) is 0 Å². The molecule has 2 atom stereocenters. The Labute approximate surface area is 229 Å². The zero-order chi connectivity index (χ0) is 27.5. The molecule has 39 heavy (non-hydrogen) atoms. The summed E-state index contributed by atoms with van der Waals surface area (Å²) in [7, 11) is 2.11. The van der Waals surface area contributed by atoms with E-state index >= 15 is 0 Å². The second-order valence-electron chi connectivity index (χ2n) is 10.6. The quantitative estimate of drug-likeness (QED) is 0.502. The highest BCUT2D eigenvalue weighted by atomic mass is 19.1. The monoisotopic (exact) mass is 533 g/mol. The molecule has 1 aromatic carbocycles. The summed E-state index contributed by atoms with van der Waals surface area (Å²) in [6.07, 6.45) is 4.46. The second-order valence-corrected chi connectivity index (χ2v) is 10.6. The number of likely N-dealkylation sites (tertiary alicyclic amines) is 1. The van der Waals surface area contributed by atoms with Gasteiger partial charge in [-0.1, -0.05) is 12.6 Å². The van der Waals surface area contributed by atoms with Crippen LogP contribution in [0.1, 0.15) is 36.1 Å². The highest BCUT2D eigenvalue weighted by molar-refractivity contribution is 5.87. The average molecular weight is 534 g/mol. The summed E-state index contributed by atoms with van der Waals surface area (Å²) >= 11 is 0. The molecule has 0 unspecified atom stereocenters. The molecule has 206 valence electrons. The molecule has 9 nitrogen and oxygen atoms in total. The molecule has 0 saturated carbocycles. The van der Waals surface area contributed by atoms with Crippen molar-refractivity contribution < 1.29 is 13.9 Å². The number of piperazine rings is 1. The van der Waals surface area contributed by atoms with Gasteiger partial charge < -0.3 is 24.3 Å². The maximum Gasteiger partial charge on any atom is 0.318 e. The van der Waals surface area contributed by atoms with E-state index < -0.39 is 0 Å². The molecule has 0 spiro atoms. The van der Waals surface area contributed by atoms with E-state index in [0.717, 1.165) is 42.1 Å². The van der Waals surface area contributed by atoms with Crippen LogP contribution < -0.4 is 14.5 Å². The second kappa shape index (κ2) is 11.6. The Balaban J connectivity index is 1.46. The van der Waals surface area contributed by atoms with Crippen molar-refractivity contribution in [2.75, 3.05) is 56.2 Å². The minimum atomic E-state index is -0.258. The van der Waals surface area contributed by atoms with Gasteiger partial charge in [0.2, 0.25) is 5.91 Å². The number of aromatic nitrogens is 2. The fraction of sp³-hybridized carbons (Fsp3) is 0.517. The molecular weight excluding hydrogens is 497 g/mol. The van der Waals surface area contributed by atoms with Gasteiger partial charge in [0.15, 0.2) is 0 Å². The van der Waals surface area contributed by atoms with Crippen LogP contribution in [-0.2, 0) is 17.8 Å². The normalized spacial score (nSPS) is 21.4. The Morgan fingerprint density at radius 2 is 2.08 bits per heavy atom. The molecule has 1 amide bonds. The van der Waals surface area contributed by atoms with Gasteiger partial charge in [0.25, 0.3) is 0 Å². The van der Waals surface area contributed by atoms with E-state index in [-0.39, 0.29) is 24.2 Å². The number of fused-ring (bicyclic) bond motifs is 1. The van der Waals surface area contributed by atoms with Crippen molar-refractivity contribution in [1.82, 2.24) is 19.8 Å². The molecule has 3 aliphatic rings. The summed E-state index contributed by atoms with van der Waals surface area (Å²) in [6.45, 7) is 9.78. The SMILES string of the molecule is C=CC(=O)N1CCN(c2nc(OC[C@@H]3CCCN3C)nc3c2CCN(c2cccc(F)c2C)C3)C[C@@H]1CC#N. The molecule has 2 aromatic rings. The van der Waals surface area contributed by atoms with Gasteiger partial charge in [0.05, 0.1) is 30.8 Å². The summed E-state index contributed by atoms with van der Waals surface area (Å²) in [4.78, 5) is 30.5. The minimum Gasteiger partial charge on any atom is -0.462 e. The number of ether oxygens (including phenoxy) is 1. The summed E-state index contributed by atoms with van der Waals surface area (Å²) in [5, 5.41) is 9.44. The van der Waals surface area contributed by atoms with Crippen LogP contribution in [-0.4, -0.2) is 84.1 Å². The van der Waals surface area contributed by atoms with Crippen LogP contribution in [0, 0.1) is 24.1 Å². The number of amides is 1. The van der Waals surface area contributed by atoms with Crippen LogP contribution >= 0.6 is 0 Å². The molecule has 4 heterocycles. The number of nitriles is 1. The van der Waals surface area contributed by atoms with Gasteiger partial charge in [0.1, 0.15) is 18.2 Å². The van der Waals surface area contributed by atoms with Gasteiger partial charge in [-0.2, -0.15) is 15.2 Å². The molecule has 0 N–H and O–H groups in total. The highest BCUT2D eigenvalue weighted by Crippen LogP contribution is 2.34. The average Bonchev–Trinajstić information content (AvgIpc) is 3.36. The van der Waals surface area contributed by atoms with Crippen molar-refractivity contribution in [2.45, 2.75) is 51.2 Å². The first kappa shape index (κ1) is 26.9. The molecule has 5 rings (SSSR count). The number of benzene rings is 1. The van der Waals surface area contributed by atoms with Crippen molar-refractivity contribution in [3.05, 3.63) is 53.5 Å². The zero-order valence-electron chi connectivity index (χ0n) is 22.8. The Kier molecular flexibility index (Phi) is 7.98. The molecule has 2 saturated heterocycles. The fourth-order valence-electron chi connectivity index (χ4n) is 5.95. The van der Waals surface area contributed by atoms with E-state index in [1.165, 1.54) is 12.1 Å². The van der Waals surface area contributed by atoms with E-state index in [4.69, 9.17) is 14.7 Å². The van der Waals surface area contributed by atoms with E-state index in [1.807, 2.05) is 6.07 Å². The molecule has 0 bridgehead atoms. The summed E-state index contributed by atoms with van der Waals surface area (Å²) in [5.74, 6) is 0.423. The predicted molar refractivity (Wildman–Crippen MR) is 147 cm³/mol. The Morgan fingerprint density at radius 1 is 1.23 bits per heavy atom. The molecule has 10 heteroatoms. The van der Waals surface area contributed by atoms with Gasteiger partial charge in [-0.15, -0.1) is 0 Å². The van der Waals surface area contributed by atoms with Gasteiger partial charge >= 0.3 is 6.01 Å². The first-order valence-corrected chi connectivity index (χ1v) is 13.7. The van der Waals surface area contributed by atoms with Crippen molar-refractivity contribution in [2.24, 2.45) is 0 Å². The number of anilines is 2. The zero-order valence-corrected chi connectivity index (χ0v) is 22.8. The smallest absolute Gasteiger partial charge is 0.318 e. The largest absolute Gasteiger partial charge is 0.462 e. The Hall–Kier alpha value is -3.71. The van der Waals surface area contributed by atoms with Crippen molar-refractivity contribution in [3.8, 4) is 12.1 Å². The van der Waals surface area contributed by atoms with Crippen LogP contribution in [0.15, 0.2) is 30.9 Å². The fourth-order valence-corrected chi connectivity index (χ4v) is 5.95. The van der Waals surface area contributed by atoms with Crippen molar-refractivity contribution in [3.63, 3.8) is 0 Å². The van der Waals surface area contributed by atoms with Gasteiger partial charge in [-0.05, 0) is 58.0 Å². The first-order valence-electron chi connectivity index (χ1n) is 13.7. The number of rotatable bonds is 7.